The van der Waals surface area contributed by atoms with E-state index in [-0.39, 0.29) is 0 Å². The van der Waals surface area contributed by atoms with E-state index in [1.807, 2.05) is 36.4 Å². The molecule has 0 unspecified atom stereocenters. The van der Waals surface area contributed by atoms with Crippen molar-refractivity contribution in [2.24, 2.45) is 0 Å². The Labute approximate surface area is 89.1 Å². The highest BCUT2D eigenvalue weighted by molar-refractivity contribution is 5.91. The Hall–Kier alpha value is -1.54. The number of aliphatic hydroxyl groups excluding tert-OH is 1. The van der Waals surface area contributed by atoms with Gasteiger partial charge in [-0.2, -0.15) is 0 Å². The highest BCUT2D eigenvalue weighted by Crippen LogP contribution is 2.31. The standard InChI is InChI=1S/C13H14O2/c1-9(14)10-7-8-13(15-2)12-6-4-3-5-11(10)12/h3-9,14H,1-2H3/t9-/m1/s1. The lowest BCUT2D eigenvalue weighted by Gasteiger charge is -2.11. The molecule has 2 nitrogen and oxygen atoms in total. The molecule has 1 atom stereocenters. The summed E-state index contributed by atoms with van der Waals surface area (Å²) in [5, 5.41) is 11.7. The van der Waals surface area contributed by atoms with Crippen LogP contribution < -0.4 is 4.74 Å². The molecule has 0 heterocycles. The minimum Gasteiger partial charge on any atom is -0.496 e. The van der Waals surface area contributed by atoms with Crippen LogP contribution in [-0.4, -0.2) is 12.2 Å². The fourth-order valence-corrected chi connectivity index (χ4v) is 1.84. The first-order valence-electron chi connectivity index (χ1n) is 4.97. The number of hydrogen-bond acceptors (Lipinski definition) is 2. The first kappa shape index (κ1) is 9.99. The maximum Gasteiger partial charge on any atom is 0.126 e. The number of benzene rings is 2. The Kier molecular flexibility index (Phi) is 2.60. The molecule has 1 N–H and O–H groups in total. The van der Waals surface area contributed by atoms with Crippen molar-refractivity contribution < 1.29 is 9.84 Å². The summed E-state index contributed by atoms with van der Waals surface area (Å²) in [5.41, 5.74) is 0.936. The Balaban J connectivity index is 2.77. The normalized spacial score (nSPS) is 12.7. The van der Waals surface area contributed by atoms with Crippen molar-refractivity contribution in [2.75, 3.05) is 7.11 Å². The molecule has 2 rings (SSSR count). The molecule has 0 saturated carbocycles. The summed E-state index contributed by atoms with van der Waals surface area (Å²) >= 11 is 0. The Bertz CT molecular complexity index is 475. The third kappa shape index (κ3) is 1.68. The Morgan fingerprint density at radius 2 is 1.73 bits per heavy atom. The van der Waals surface area contributed by atoms with Gasteiger partial charge in [0, 0.05) is 5.39 Å². The SMILES string of the molecule is COc1ccc([C@@H](C)O)c2ccccc12. The molecule has 15 heavy (non-hydrogen) atoms. The third-order valence-electron chi connectivity index (χ3n) is 2.59. The van der Waals surface area contributed by atoms with Gasteiger partial charge < -0.3 is 9.84 Å². The Morgan fingerprint density at radius 1 is 1.07 bits per heavy atom. The highest BCUT2D eigenvalue weighted by atomic mass is 16.5. The van der Waals surface area contributed by atoms with Crippen LogP contribution >= 0.6 is 0 Å². The van der Waals surface area contributed by atoms with Crippen LogP contribution in [0.2, 0.25) is 0 Å². The van der Waals surface area contributed by atoms with E-state index in [9.17, 15) is 5.11 Å². The molecule has 0 amide bonds. The lowest BCUT2D eigenvalue weighted by Crippen LogP contribution is -1.94. The minimum absolute atomic E-state index is 0.458. The quantitative estimate of drug-likeness (QED) is 0.811. The van der Waals surface area contributed by atoms with Gasteiger partial charge in [-0.1, -0.05) is 30.3 Å². The summed E-state index contributed by atoms with van der Waals surface area (Å²) in [4.78, 5) is 0. The molecule has 0 aliphatic rings. The number of rotatable bonds is 2. The molecule has 0 spiro atoms. The first-order valence-corrected chi connectivity index (χ1v) is 4.97. The number of fused-ring (bicyclic) bond motifs is 1. The van der Waals surface area contributed by atoms with Crippen LogP contribution in [0.25, 0.3) is 10.8 Å². The molecule has 2 aromatic carbocycles. The van der Waals surface area contributed by atoms with Gasteiger partial charge in [0.05, 0.1) is 13.2 Å². The van der Waals surface area contributed by atoms with E-state index in [0.29, 0.717) is 0 Å². The lowest BCUT2D eigenvalue weighted by atomic mass is 10.0. The molecule has 2 heteroatoms. The molecular weight excluding hydrogens is 188 g/mol. The van der Waals surface area contributed by atoms with Gasteiger partial charge in [0.25, 0.3) is 0 Å². The predicted molar refractivity (Wildman–Crippen MR) is 61.1 cm³/mol. The van der Waals surface area contributed by atoms with E-state index >= 15 is 0 Å². The topological polar surface area (TPSA) is 29.5 Å². The second kappa shape index (κ2) is 3.91. The van der Waals surface area contributed by atoms with E-state index in [2.05, 4.69) is 0 Å². The van der Waals surface area contributed by atoms with Crippen molar-refractivity contribution in [3.8, 4) is 5.75 Å². The second-order valence-electron chi connectivity index (χ2n) is 3.58. The molecule has 78 valence electrons. The molecule has 0 saturated heterocycles. The van der Waals surface area contributed by atoms with Crippen molar-refractivity contribution in [1.29, 1.82) is 0 Å². The van der Waals surface area contributed by atoms with Gasteiger partial charge in [0.2, 0.25) is 0 Å². The van der Waals surface area contributed by atoms with Crippen LogP contribution in [0.4, 0.5) is 0 Å². The number of methoxy groups -OCH3 is 1. The third-order valence-corrected chi connectivity index (χ3v) is 2.59. The summed E-state index contributed by atoms with van der Waals surface area (Å²) in [6.45, 7) is 1.77. The summed E-state index contributed by atoms with van der Waals surface area (Å²) < 4.78 is 5.28. The first-order chi connectivity index (χ1) is 7.24. The number of hydrogen-bond donors (Lipinski definition) is 1. The molecule has 2 aromatic rings. The van der Waals surface area contributed by atoms with Gasteiger partial charge in [0.15, 0.2) is 0 Å². The van der Waals surface area contributed by atoms with Crippen molar-refractivity contribution >= 4 is 10.8 Å². The van der Waals surface area contributed by atoms with Crippen LogP contribution in [0.15, 0.2) is 36.4 Å². The van der Waals surface area contributed by atoms with Gasteiger partial charge in [-0.15, -0.1) is 0 Å². The largest absolute Gasteiger partial charge is 0.496 e. The van der Waals surface area contributed by atoms with Crippen LogP contribution in [0.5, 0.6) is 5.75 Å². The number of ether oxygens (including phenoxy) is 1. The smallest absolute Gasteiger partial charge is 0.126 e. The lowest BCUT2D eigenvalue weighted by molar-refractivity contribution is 0.201. The van der Waals surface area contributed by atoms with E-state index in [4.69, 9.17) is 4.74 Å². The van der Waals surface area contributed by atoms with Crippen molar-refractivity contribution in [2.45, 2.75) is 13.0 Å². The monoisotopic (exact) mass is 202 g/mol. The zero-order valence-electron chi connectivity index (χ0n) is 8.90. The maximum absolute atomic E-state index is 9.64. The summed E-state index contributed by atoms with van der Waals surface area (Å²) in [6, 6.07) is 11.7. The molecule has 0 aliphatic carbocycles. The van der Waals surface area contributed by atoms with Gasteiger partial charge in [0.1, 0.15) is 5.75 Å². The molecule has 0 aromatic heterocycles. The second-order valence-corrected chi connectivity index (χ2v) is 3.58. The average molecular weight is 202 g/mol. The zero-order chi connectivity index (χ0) is 10.8. The van der Waals surface area contributed by atoms with Crippen LogP contribution in [-0.2, 0) is 0 Å². The van der Waals surface area contributed by atoms with Crippen LogP contribution in [0.3, 0.4) is 0 Å². The van der Waals surface area contributed by atoms with Gasteiger partial charge >= 0.3 is 0 Å². The van der Waals surface area contributed by atoms with Gasteiger partial charge in [-0.25, -0.2) is 0 Å². The zero-order valence-corrected chi connectivity index (χ0v) is 8.90. The molecule has 0 bridgehead atoms. The van der Waals surface area contributed by atoms with E-state index in [1.54, 1.807) is 14.0 Å². The van der Waals surface area contributed by atoms with E-state index in [0.717, 1.165) is 22.1 Å². The van der Waals surface area contributed by atoms with Gasteiger partial charge in [-0.3, -0.25) is 0 Å². The van der Waals surface area contributed by atoms with E-state index in [1.165, 1.54) is 0 Å². The summed E-state index contributed by atoms with van der Waals surface area (Å²) in [6.07, 6.45) is -0.458. The summed E-state index contributed by atoms with van der Waals surface area (Å²) in [5.74, 6) is 0.843. The highest BCUT2D eigenvalue weighted by Gasteiger charge is 2.08. The molecular formula is C13H14O2. The Morgan fingerprint density at radius 3 is 2.33 bits per heavy atom. The average Bonchev–Trinajstić information content (AvgIpc) is 2.27. The maximum atomic E-state index is 9.64. The number of aliphatic hydroxyl groups is 1. The fourth-order valence-electron chi connectivity index (χ4n) is 1.84. The molecule has 0 aliphatic heterocycles. The van der Waals surface area contributed by atoms with Crippen LogP contribution in [0, 0.1) is 0 Å². The van der Waals surface area contributed by atoms with Crippen molar-refractivity contribution in [1.82, 2.24) is 0 Å². The molecule has 0 fully saturated rings. The van der Waals surface area contributed by atoms with Crippen molar-refractivity contribution in [3.05, 3.63) is 42.0 Å². The van der Waals surface area contributed by atoms with Crippen LogP contribution in [0.1, 0.15) is 18.6 Å². The van der Waals surface area contributed by atoms with Gasteiger partial charge in [-0.05, 0) is 23.9 Å². The molecule has 0 radical (unpaired) electrons. The van der Waals surface area contributed by atoms with E-state index < -0.39 is 6.10 Å². The fraction of sp³-hybridized carbons (Fsp3) is 0.231. The summed E-state index contributed by atoms with van der Waals surface area (Å²) in [7, 11) is 1.66. The minimum atomic E-state index is -0.458. The van der Waals surface area contributed by atoms with Crippen molar-refractivity contribution in [3.63, 3.8) is 0 Å². The predicted octanol–water partition coefficient (Wildman–Crippen LogP) is 2.90.